The van der Waals surface area contributed by atoms with Crippen molar-refractivity contribution in [3.8, 4) is 11.4 Å². The number of ether oxygens (including phenoxy) is 1. The molecular weight excluding hydrogens is 336 g/mol. The highest BCUT2D eigenvalue weighted by Crippen LogP contribution is 2.28. The van der Waals surface area contributed by atoms with Crippen LogP contribution in [0.1, 0.15) is 6.92 Å². The predicted molar refractivity (Wildman–Crippen MR) is 91.7 cm³/mol. The van der Waals surface area contributed by atoms with Crippen LogP contribution < -0.4 is 5.32 Å². The lowest BCUT2D eigenvalue weighted by Gasteiger charge is -2.12. The van der Waals surface area contributed by atoms with Gasteiger partial charge in [0.05, 0.1) is 17.4 Å². The summed E-state index contributed by atoms with van der Waals surface area (Å²) in [5, 5.41) is 12.4. The number of carbonyl (C=O) groups excluding carboxylic acids is 1. The van der Waals surface area contributed by atoms with Crippen LogP contribution in [0.2, 0.25) is 5.02 Å². The zero-order valence-electron chi connectivity index (χ0n) is 13.2. The lowest BCUT2D eigenvalue weighted by molar-refractivity contribution is -0.119. The van der Waals surface area contributed by atoms with E-state index in [1.54, 1.807) is 7.11 Å². The number of methoxy groups -OCH3 is 1. The first-order valence-electron chi connectivity index (χ1n) is 7.08. The van der Waals surface area contributed by atoms with Gasteiger partial charge in [0.2, 0.25) is 5.91 Å². The van der Waals surface area contributed by atoms with Gasteiger partial charge in [0.15, 0.2) is 11.0 Å². The molecule has 6 nitrogen and oxygen atoms in total. The molecule has 0 fully saturated rings. The summed E-state index contributed by atoms with van der Waals surface area (Å²) >= 11 is 7.52. The zero-order chi connectivity index (χ0) is 16.8. The Morgan fingerprint density at radius 2 is 2.17 bits per heavy atom. The first-order chi connectivity index (χ1) is 11.0. The summed E-state index contributed by atoms with van der Waals surface area (Å²) in [6, 6.07) is 7.44. The standard InChI is InChI=1S/C15H19ClN4O2S/c1-10(8-22-3)17-13(21)9-23-15-19-18-14(20(15)2)11-6-4-5-7-12(11)16/h4-7,10H,8-9H2,1-3H3,(H,17,21)/t10-/m0/s1. The van der Waals surface area contributed by atoms with Crippen LogP contribution in [0.15, 0.2) is 29.4 Å². The van der Waals surface area contributed by atoms with E-state index >= 15 is 0 Å². The minimum Gasteiger partial charge on any atom is -0.383 e. The van der Waals surface area contributed by atoms with Gasteiger partial charge in [-0.2, -0.15) is 0 Å². The number of aromatic nitrogens is 3. The zero-order valence-corrected chi connectivity index (χ0v) is 14.8. The number of nitrogens with one attached hydrogen (secondary N) is 1. The first-order valence-corrected chi connectivity index (χ1v) is 8.44. The van der Waals surface area contributed by atoms with Crippen molar-refractivity contribution in [3.63, 3.8) is 0 Å². The lowest BCUT2D eigenvalue weighted by atomic mass is 10.2. The number of benzene rings is 1. The molecule has 0 saturated carbocycles. The highest BCUT2D eigenvalue weighted by Gasteiger charge is 2.15. The van der Waals surface area contributed by atoms with Gasteiger partial charge in [0.25, 0.3) is 0 Å². The van der Waals surface area contributed by atoms with Crippen molar-refractivity contribution in [1.82, 2.24) is 20.1 Å². The third kappa shape index (κ3) is 4.70. The SMILES string of the molecule is COC[C@H](C)NC(=O)CSc1nnc(-c2ccccc2Cl)n1C. The number of hydrogen-bond donors (Lipinski definition) is 1. The van der Waals surface area contributed by atoms with Crippen LogP contribution >= 0.6 is 23.4 Å². The molecule has 1 aromatic carbocycles. The Labute approximate surface area is 144 Å². The fourth-order valence-corrected chi connectivity index (χ4v) is 3.00. The number of thioether (sulfide) groups is 1. The minimum absolute atomic E-state index is 0.0220. The molecule has 124 valence electrons. The van der Waals surface area contributed by atoms with Crippen LogP contribution in [0.4, 0.5) is 0 Å². The van der Waals surface area contributed by atoms with E-state index < -0.39 is 0 Å². The Morgan fingerprint density at radius 3 is 2.87 bits per heavy atom. The Kier molecular flexibility index (Phi) is 6.44. The fourth-order valence-electron chi connectivity index (χ4n) is 2.06. The average molecular weight is 355 g/mol. The molecule has 23 heavy (non-hydrogen) atoms. The van der Waals surface area contributed by atoms with Crippen LogP contribution in [-0.2, 0) is 16.6 Å². The molecule has 0 saturated heterocycles. The fraction of sp³-hybridized carbons (Fsp3) is 0.400. The van der Waals surface area contributed by atoms with E-state index in [-0.39, 0.29) is 17.7 Å². The molecule has 1 N–H and O–H groups in total. The molecular formula is C15H19ClN4O2S. The third-order valence-corrected chi connectivity index (χ3v) is 4.46. The van der Waals surface area contributed by atoms with E-state index in [9.17, 15) is 4.79 Å². The van der Waals surface area contributed by atoms with Gasteiger partial charge < -0.3 is 14.6 Å². The van der Waals surface area contributed by atoms with Gasteiger partial charge in [-0.3, -0.25) is 4.79 Å². The van der Waals surface area contributed by atoms with Crippen molar-refractivity contribution in [2.75, 3.05) is 19.5 Å². The van der Waals surface area contributed by atoms with Crippen LogP contribution in [0.5, 0.6) is 0 Å². The van der Waals surface area contributed by atoms with E-state index in [1.165, 1.54) is 11.8 Å². The Morgan fingerprint density at radius 1 is 1.43 bits per heavy atom. The summed E-state index contributed by atoms with van der Waals surface area (Å²) in [7, 11) is 3.46. The average Bonchev–Trinajstić information content (AvgIpc) is 2.87. The molecule has 0 aliphatic rings. The van der Waals surface area contributed by atoms with Gasteiger partial charge in [-0.15, -0.1) is 10.2 Å². The molecule has 0 aliphatic carbocycles. The number of halogens is 1. The number of hydrogen-bond acceptors (Lipinski definition) is 5. The van der Waals surface area contributed by atoms with Gasteiger partial charge in [0, 0.05) is 25.8 Å². The van der Waals surface area contributed by atoms with E-state index in [0.29, 0.717) is 22.6 Å². The molecule has 1 heterocycles. The van der Waals surface area contributed by atoms with Crippen molar-refractivity contribution in [1.29, 1.82) is 0 Å². The molecule has 1 atom stereocenters. The van der Waals surface area contributed by atoms with Gasteiger partial charge in [0.1, 0.15) is 0 Å². The lowest BCUT2D eigenvalue weighted by Crippen LogP contribution is -2.36. The summed E-state index contributed by atoms with van der Waals surface area (Å²) in [5.74, 6) is 0.871. The summed E-state index contributed by atoms with van der Waals surface area (Å²) in [6.45, 7) is 2.38. The summed E-state index contributed by atoms with van der Waals surface area (Å²) < 4.78 is 6.82. The van der Waals surface area contributed by atoms with Crippen molar-refractivity contribution in [2.45, 2.75) is 18.1 Å². The highest BCUT2D eigenvalue weighted by molar-refractivity contribution is 7.99. The molecule has 0 aliphatic heterocycles. The van der Waals surface area contributed by atoms with Crippen LogP contribution in [0.25, 0.3) is 11.4 Å². The maximum absolute atomic E-state index is 11.9. The molecule has 0 radical (unpaired) electrons. The molecule has 0 unspecified atom stereocenters. The smallest absolute Gasteiger partial charge is 0.230 e. The van der Waals surface area contributed by atoms with E-state index in [1.807, 2.05) is 42.8 Å². The molecule has 1 amide bonds. The first kappa shape index (κ1) is 17.8. The van der Waals surface area contributed by atoms with Crippen LogP contribution in [0, 0.1) is 0 Å². The second-order valence-corrected chi connectivity index (χ2v) is 6.41. The number of amides is 1. The normalized spacial score (nSPS) is 12.2. The van der Waals surface area contributed by atoms with E-state index in [4.69, 9.17) is 16.3 Å². The summed E-state index contributed by atoms with van der Waals surface area (Å²) in [6.07, 6.45) is 0. The van der Waals surface area contributed by atoms with Crippen molar-refractivity contribution < 1.29 is 9.53 Å². The van der Waals surface area contributed by atoms with Crippen molar-refractivity contribution in [2.24, 2.45) is 7.05 Å². The number of nitrogens with zero attached hydrogens (tertiary/aromatic N) is 3. The maximum atomic E-state index is 11.9. The molecule has 2 aromatic rings. The molecule has 0 spiro atoms. The second-order valence-electron chi connectivity index (χ2n) is 5.06. The number of carbonyl (C=O) groups is 1. The highest BCUT2D eigenvalue weighted by atomic mass is 35.5. The van der Waals surface area contributed by atoms with E-state index in [2.05, 4.69) is 15.5 Å². The summed E-state index contributed by atoms with van der Waals surface area (Å²) in [4.78, 5) is 11.9. The minimum atomic E-state index is -0.0677. The molecule has 0 bridgehead atoms. The Balaban J connectivity index is 2.00. The molecule has 1 aromatic heterocycles. The van der Waals surface area contributed by atoms with Gasteiger partial charge in [-0.1, -0.05) is 35.5 Å². The largest absolute Gasteiger partial charge is 0.383 e. The number of rotatable bonds is 7. The van der Waals surface area contributed by atoms with Crippen molar-refractivity contribution in [3.05, 3.63) is 29.3 Å². The molecule has 8 heteroatoms. The third-order valence-electron chi connectivity index (χ3n) is 3.11. The van der Waals surface area contributed by atoms with Crippen LogP contribution in [0.3, 0.4) is 0 Å². The monoisotopic (exact) mass is 354 g/mol. The van der Waals surface area contributed by atoms with Gasteiger partial charge >= 0.3 is 0 Å². The Hall–Kier alpha value is -1.57. The summed E-state index contributed by atoms with van der Waals surface area (Å²) in [5.41, 5.74) is 0.814. The quantitative estimate of drug-likeness (QED) is 0.773. The second kappa shape index (κ2) is 8.33. The predicted octanol–water partition coefficient (Wildman–Crippen LogP) is 2.38. The van der Waals surface area contributed by atoms with Gasteiger partial charge in [-0.05, 0) is 19.1 Å². The van der Waals surface area contributed by atoms with Crippen molar-refractivity contribution >= 4 is 29.3 Å². The topological polar surface area (TPSA) is 69.0 Å². The van der Waals surface area contributed by atoms with Crippen LogP contribution in [-0.4, -0.2) is 46.2 Å². The molecule has 2 rings (SSSR count). The van der Waals surface area contributed by atoms with E-state index in [0.717, 1.165) is 5.56 Å². The Bertz CT molecular complexity index is 677. The maximum Gasteiger partial charge on any atom is 0.230 e. The van der Waals surface area contributed by atoms with Gasteiger partial charge in [-0.25, -0.2) is 0 Å².